The second-order valence-electron chi connectivity index (χ2n) is 3.33. The van der Waals surface area contributed by atoms with Crippen LogP contribution in [0.3, 0.4) is 0 Å². The van der Waals surface area contributed by atoms with E-state index in [-0.39, 0.29) is 0 Å². The maximum Gasteiger partial charge on any atom is 0.0604 e. The molecule has 0 aromatic heterocycles. The predicted octanol–water partition coefficient (Wildman–Crippen LogP) is 1.39. The van der Waals surface area contributed by atoms with Gasteiger partial charge in [-0.05, 0) is 13.0 Å². The Labute approximate surface area is 68.4 Å². The summed E-state index contributed by atoms with van der Waals surface area (Å²) < 4.78 is 0. The lowest BCUT2D eigenvalue weighted by Gasteiger charge is -2.05. The van der Waals surface area contributed by atoms with Crippen LogP contribution in [0, 0.1) is 0 Å². The zero-order valence-corrected chi connectivity index (χ0v) is 7.52. The van der Waals surface area contributed by atoms with Gasteiger partial charge in [-0.25, -0.2) is 0 Å². The van der Waals surface area contributed by atoms with E-state index >= 15 is 0 Å². The normalized spacial score (nSPS) is 17.1. The van der Waals surface area contributed by atoms with Gasteiger partial charge in [0.15, 0.2) is 0 Å². The van der Waals surface area contributed by atoms with E-state index in [0.717, 1.165) is 13.1 Å². The minimum atomic E-state index is 0.548. The first-order valence-electron chi connectivity index (χ1n) is 4.12. The third-order valence-corrected chi connectivity index (χ3v) is 1.64. The zero-order chi connectivity index (χ0) is 8.27. The minimum absolute atomic E-state index is 0.548. The maximum absolute atomic E-state index is 4.35. The average Bonchev–Trinajstić information content (AvgIpc) is 2.31. The van der Waals surface area contributed by atoms with E-state index in [4.69, 9.17) is 0 Å². The van der Waals surface area contributed by atoms with Crippen LogP contribution in [0.1, 0.15) is 20.8 Å². The summed E-state index contributed by atoms with van der Waals surface area (Å²) in [5.41, 5.74) is 2.56. The largest absolute Gasteiger partial charge is 0.309 e. The Hall–Kier alpha value is -0.630. The molecule has 1 N–H and O–H groups in total. The highest BCUT2D eigenvalue weighted by molar-refractivity contribution is 5.98. The van der Waals surface area contributed by atoms with Crippen molar-refractivity contribution in [2.45, 2.75) is 26.8 Å². The van der Waals surface area contributed by atoms with Crippen molar-refractivity contribution in [1.29, 1.82) is 0 Å². The molecule has 0 aliphatic carbocycles. The molecule has 2 nitrogen and oxygen atoms in total. The van der Waals surface area contributed by atoms with Gasteiger partial charge in [-0.2, -0.15) is 0 Å². The third-order valence-electron chi connectivity index (χ3n) is 1.64. The van der Waals surface area contributed by atoms with Gasteiger partial charge in [0.1, 0.15) is 0 Å². The van der Waals surface area contributed by atoms with E-state index in [1.165, 1.54) is 11.3 Å². The van der Waals surface area contributed by atoms with Gasteiger partial charge in [0.05, 0.1) is 6.54 Å². The van der Waals surface area contributed by atoms with Gasteiger partial charge in [0.2, 0.25) is 0 Å². The monoisotopic (exact) mass is 152 g/mol. The van der Waals surface area contributed by atoms with Gasteiger partial charge >= 0.3 is 0 Å². The van der Waals surface area contributed by atoms with Gasteiger partial charge < -0.3 is 5.32 Å². The molecule has 2 heteroatoms. The van der Waals surface area contributed by atoms with Gasteiger partial charge in [-0.1, -0.05) is 19.4 Å². The second-order valence-corrected chi connectivity index (χ2v) is 3.33. The summed E-state index contributed by atoms with van der Waals surface area (Å²) in [6, 6.07) is 0.548. The van der Waals surface area contributed by atoms with Crippen molar-refractivity contribution in [2.75, 3.05) is 13.1 Å². The van der Waals surface area contributed by atoms with E-state index in [1.807, 2.05) is 0 Å². The van der Waals surface area contributed by atoms with Crippen LogP contribution in [0.2, 0.25) is 0 Å². The van der Waals surface area contributed by atoms with Crippen molar-refractivity contribution in [3.05, 3.63) is 11.6 Å². The molecule has 0 aromatic carbocycles. The summed E-state index contributed by atoms with van der Waals surface area (Å²) in [5, 5.41) is 3.33. The highest BCUT2D eigenvalue weighted by Gasteiger charge is 2.03. The number of aliphatic imine (C=N–C) groups is 1. The molecule has 0 fully saturated rings. The second kappa shape index (κ2) is 3.67. The molecule has 0 saturated heterocycles. The van der Waals surface area contributed by atoms with Gasteiger partial charge in [-0.3, -0.25) is 4.99 Å². The van der Waals surface area contributed by atoms with E-state index in [1.54, 1.807) is 0 Å². The molecule has 11 heavy (non-hydrogen) atoms. The summed E-state index contributed by atoms with van der Waals surface area (Å²) in [6.07, 6.45) is 2.16. The van der Waals surface area contributed by atoms with Crippen LogP contribution in [-0.4, -0.2) is 24.8 Å². The highest BCUT2D eigenvalue weighted by atomic mass is 14.9. The zero-order valence-electron chi connectivity index (χ0n) is 7.52. The molecule has 0 amide bonds. The lowest BCUT2D eigenvalue weighted by atomic mass is 10.2. The van der Waals surface area contributed by atoms with E-state index in [9.17, 15) is 0 Å². The van der Waals surface area contributed by atoms with Crippen LogP contribution in [-0.2, 0) is 0 Å². The molecule has 0 radical (unpaired) electrons. The maximum atomic E-state index is 4.35. The molecule has 0 saturated carbocycles. The Balaban J connectivity index is 2.28. The fraction of sp³-hybridized carbons (Fsp3) is 0.667. The van der Waals surface area contributed by atoms with Crippen LogP contribution in [0.25, 0.3) is 0 Å². The molecule has 0 atom stereocenters. The van der Waals surface area contributed by atoms with E-state index in [2.05, 4.69) is 37.2 Å². The SMILES string of the molecule is CC1=CC(CNC(C)C)=NC1. The van der Waals surface area contributed by atoms with Crippen molar-refractivity contribution in [3.63, 3.8) is 0 Å². The number of hydrogen-bond donors (Lipinski definition) is 1. The number of nitrogens with zero attached hydrogens (tertiary/aromatic N) is 1. The minimum Gasteiger partial charge on any atom is -0.309 e. The Morgan fingerprint density at radius 1 is 1.64 bits per heavy atom. The summed E-state index contributed by atoms with van der Waals surface area (Å²) in [4.78, 5) is 4.35. The first-order valence-corrected chi connectivity index (χ1v) is 4.12. The molecule has 1 aliphatic rings. The van der Waals surface area contributed by atoms with E-state index in [0.29, 0.717) is 6.04 Å². The molecule has 1 rings (SSSR count). The van der Waals surface area contributed by atoms with Crippen molar-refractivity contribution >= 4 is 5.71 Å². The molecule has 0 spiro atoms. The summed E-state index contributed by atoms with van der Waals surface area (Å²) in [5.74, 6) is 0. The first-order chi connectivity index (χ1) is 5.18. The quantitative estimate of drug-likeness (QED) is 0.649. The summed E-state index contributed by atoms with van der Waals surface area (Å²) in [6.45, 7) is 8.22. The Kier molecular flexibility index (Phi) is 2.83. The molecule has 0 bridgehead atoms. The van der Waals surface area contributed by atoms with E-state index < -0.39 is 0 Å². The lowest BCUT2D eigenvalue weighted by molar-refractivity contribution is 0.643. The Morgan fingerprint density at radius 2 is 2.36 bits per heavy atom. The van der Waals surface area contributed by atoms with Crippen LogP contribution in [0.4, 0.5) is 0 Å². The van der Waals surface area contributed by atoms with Crippen molar-refractivity contribution in [2.24, 2.45) is 4.99 Å². The third kappa shape index (κ3) is 2.85. The van der Waals surface area contributed by atoms with Crippen LogP contribution >= 0.6 is 0 Å². The first kappa shape index (κ1) is 8.47. The molecule has 0 aromatic rings. The number of rotatable bonds is 3. The number of hydrogen-bond acceptors (Lipinski definition) is 2. The molecular formula is C9H16N2. The summed E-state index contributed by atoms with van der Waals surface area (Å²) in [7, 11) is 0. The Bertz CT molecular complexity index is 190. The molecule has 1 heterocycles. The smallest absolute Gasteiger partial charge is 0.0604 e. The molecule has 1 aliphatic heterocycles. The van der Waals surface area contributed by atoms with Gasteiger partial charge in [0, 0.05) is 18.3 Å². The fourth-order valence-electron chi connectivity index (χ4n) is 1.02. The topological polar surface area (TPSA) is 24.4 Å². The molecule has 0 unspecified atom stereocenters. The summed E-state index contributed by atoms with van der Waals surface area (Å²) >= 11 is 0. The lowest BCUT2D eigenvalue weighted by Crippen LogP contribution is -2.27. The standard InChI is InChI=1S/C9H16N2/c1-7(2)10-6-9-4-8(3)5-11-9/h4,7,10H,5-6H2,1-3H3. The Morgan fingerprint density at radius 3 is 2.82 bits per heavy atom. The van der Waals surface area contributed by atoms with Crippen molar-refractivity contribution in [3.8, 4) is 0 Å². The predicted molar refractivity (Wildman–Crippen MR) is 49.2 cm³/mol. The molecule has 62 valence electrons. The van der Waals surface area contributed by atoms with Gasteiger partial charge in [-0.15, -0.1) is 0 Å². The van der Waals surface area contributed by atoms with Crippen LogP contribution in [0.15, 0.2) is 16.6 Å². The fourth-order valence-corrected chi connectivity index (χ4v) is 1.02. The average molecular weight is 152 g/mol. The van der Waals surface area contributed by atoms with Crippen molar-refractivity contribution < 1.29 is 0 Å². The number of nitrogens with one attached hydrogen (secondary N) is 1. The van der Waals surface area contributed by atoms with Crippen LogP contribution in [0.5, 0.6) is 0 Å². The molecular weight excluding hydrogens is 136 g/mol. The van der Waals surface area contributed by atoms with Crippen molar-refractivity contribution in [1.82, 2.24) is 5.32 Å². The highest BCUT2D eigenvalue weighted by Crippen LogP contribution is 2.02. The van der Waals surface area contributed by atoms with Gasteiger partial charge in [0.25, 0.3) is 0 Å². The van der Waals surface area contributed by atoms with Crippen LogP contribution < -0.4 is 5.32 Å².